The molecule has 0 aliphatic carbocycles. The molecule has 0 saturated heterocycles. The molecule has 0 bridgehead atoms. The van der Waals surface area contributed by atoms with Crippen molar-refractivity contribution in [2.24, 2.45) is 0 Å². The number of carbonyl (C=O) groups is 1. The normalized spacial score (nSPS) is 10.5. The van der Waals surface area contributed by atoms with Crippen LogP contribution < -0.4 is 5.32 Å². The number of nitrogens with zero attached hydrogens (tertiary/aromatic N) is 5. The van der Waals surface area contributed by atoms with Gasteiger partial charge in [0, 0.05) is 18.5 Å². The highest BCUT2D eigenvalue weighted by atomic mass is 16.6. The lowest BCUT2D eigenvalue weighted by Crippen LogP contribution is -2.13. The molecule has 0 aromatic carbocycles. The molecule has 0 unspecified atom stereocenters. The summed E-state index contributed by atoms with van der Waals surface area (Å²) in [5.41, 5.74) is 0. The van der Waals surface area contributed by atoms with E-state index in [2.05, 4.69) is 20.3 Å². The number of nitro groups is 1. The maximum absolute atomic E-state index is 12.0. The van der Waals surface area contributed by atoms with Crippen LogP contribution in [0.2, 0.25) is 0 Å². The van der Waals surface area contributed by atoms with Gasteiger partial charge in [-0.1, -0.05) is 0 Å². The third kappa shape index (κ3) is 2.90. The van der Waals surface area contributed by atoms with Crippen LogP contribution in [0.3, 0.4) is 0 Å². The first kappa shape index (κ1) is 14.4. The summed E-state index contributed by atoms with van der Waals surface area (Å²) in [5, 5.41) is 13.0. The zero-order chi connectivity index (χ0) is 16.4. The molecule has 0 atom stereocenters. The van der Waals surface area contributed by atoms with Crippen LogP contribution in [0.25, 0.3) is 5.82 Å². The maximum Gasteiger partial charge on any atom is 0.433 e. The van der Waals surface area contributed by atoms with Gasteiger partial charge in [0.25, 0.3) is 5.91 Å². The van der Waals surface area contributed by atoms with Gasteiger partial charge in [0.1, 0.15) is 28.7 Å². The standard InChI is InChI=1S/C13H10N6O4/c1-8-14-4-5-18(8)11-6-10(15-7-16-11)17-13(20)9-2-3-12(23-9)19(21)22/h2-7H,1H3,(H,15,16,17,20). The van der Waals surface area contributed by atoms with Crippen LogP contribution in [-0.2, 0) is 0 Å². The molecule has 3 aromatic rings. The van der Waals surface area contributed by atoms with Crippen molar-refractivity contribution in [2.45, 2.75) is 6.92 Å². The summed E-state index contributed by atoms with van der Waals surface area (Å²) in [6.07, 6.45) is 4.63. The highest BCUT2D eigenvalue weighted by molar-refractivity contribution is 6.01. The lowest BCUT2D eigenvalue weighted by molar-refractivity contribution is -0.402. The molecule has 0 saturated carbocycles. The fourth-order valence-corrected chi connectivity index (χ4v) is 1.89. The fraction of sp³-hybridized carbons (Fsp3) is 0.0769. The first-order valence-corrected chi connectivity index (χ1v) is 6.42. The Morgan fingerprint density at radius 2 is 2.17 bits per heavy atom. The van der Waals surface area contributed by atoms with Gasteiger partial charge in [-0.2, -0.15) is 0 Å². The number of hydrogen-bond acceptors (Lipinski definition) is 7. The number of nitrogens with one attached hydrogen (secondary N) is 1. The van der Waals surface area contributed by atoms with Crippen LogP contribution in [0.5, 0.6) is 0 Å². The SMILES string of the molecule is Cc1nccn1-c1cc(NC(=O)c2ccc([N+](=O)[O-])o2)ncn1. The predicted octanol–water partition coefficient (Wildman–Crippen LogP) is 1.72. The van der Waals surface area contributed by atoms with E-state index >= 15 is 0 Å². The van der Waals surface area contributed by atoms with Gasteiger partial charge in [-0.3, -0.25) is 19.5 Å². The molecule has 0 radical (unpaired) electrons. The van der Waals surface area contributed by atoms with E-state index in [1.807, 2.05) is 6.92 Å². The van der Waals surface area contributed by atoms with Crippen LogP contribution >= 0.6 is 0 Å². The highest BCUT2D eigenvalue weighted by Crippen LogP contribution is 2.17. The third-order valence-electron chi connectivity index (χ3n) is 2.96. The number of hydrogen-bond donors (Lipinski definition) is 1. The number of aryl methyl sites for hydroxylation is 1. The van der Waals surface area contributed by atoms with Gasteiger partial charge in [-0.25, -0.2) is 15.0 Å². The summed E-state index contributed by atoms with van der Waals surface area (Å²) < 4.78 is 6.55. The zero-order valence-electron chi connectivity index (χ0n) is 11.8. The Morgan fingerprint density at radius 1 is 1.35 bits per heavy atom. The quantitative estimate of drug-likeness (QED) is 0.573. The molecule has 3 aromatic heterocycles. The van der Waals surface area contributed by atoms with Crippen LogP contribution in [0.1, 0.15) is 16.4 Å². The minimum atomic E-state index is -0.721. The molecule has 1 N–H and O–H groups in total. The second-order valence-electron chi connectivity index (χ2n) is 4.46. The number of rotatable bonds is 4. The lowest BCUT2D eigenvalue weighted by Gasteiger charge is -2.06. The summed E-state index contributed by atoms with van der Waals surface area (Å²) in [5.74, 6) is 0.138. The summed E-state index contributed by atoms with van der Waals surface area (Å²) in [6.45, 7) is 1.81. The Bertz CT molecular complexity index is 884. The monoisotopic (exact) mass is 314 g/mol. The number of furan rings is 1. The molecule has 0 aliphatic heterocycles. The minimum absolute atomic E-state index is 0.185. The zero-order valence-corrected chi connectivity index (χ0v) is 11.8. The molecule has 0 spiro atoms. The Labute approximate surface area is 129 Å². The van der Waals surface area contributed by atoms with Gasteiger partial charge in [0.05, 0.1) is 6.07 Å². The van der Waals surface area contributed by atoms with Gasteiger partial charge in [-0.15, -0.1) is 0 Å². The van der Waals surface area contributed by atoms with Gasteiger partial charge in [0.15, 0.2) is 5.76 Å². The number of amides is 1. The van der Waals surface area contributed by atoms with E-state index in [1.165, 1.54) is 12.4 Å². The van der Waals surface area contributed by atoms with E-state index in [0.717, 1.165) is 11.9 Å². The van der Waals surface area contributed by atoms with Crippen molar-refractivity contribution in [3.8, 4) is 5.82 Å². The maximum atomic E-state index is 12.0. The molecule has 1 amide bonds. The van der Waals surface area contributed by atoms with E-state index in [1.54, 1.807) is 23.0 Å². The molecule has 3 rings (SSSR count). The fourth-order valence-electron chi connectivity index (χ4n) is 1.89. The van der Waals surface area contributed by atoms with Crippen molar-refractivity contribution < 1.29 is 14.1 Å². The molecule has 0 aliphatic rings. The predicted molar refractivity (Wildman–Crippen MR) is 77.2 cm³/mol. The van der Waals surface area contributed by atoms with E-state index in [-0.39, 0.29) is 11.6 Å². The third-order valence-corrected chi connectivity index (χ3v) is 2.96. The topological polar surface area (TPSA) is 129 Å². The average Bonchev–Trinajstić information content (AvgIpc) is 3.16. The minimum Gasteiger partial charge on any atom is -0.395 e. The van der Waals surface area contributed by atoms with Crippen molar-refractivity contribution in [3.05, 3.63) is 58.6 Å². The Hall–Kier alpha value is -3.56. The van der Waals surface area contributed by atoms with Crippen molar-refractivity contribution >= 4 is 17.6 Å². The van der Waals surface area contributed by atoms with E-state index in [4.69, 9.17) is 4.42 Å². The van der Waals surface area contributed by atoms with Crippen LogP contribution in [0.15, 0.2) is 41.3 Å². The van der Waals surface area contributed by atoms with Crippen molar-refractivity contribution in [1.29, 1.82) is 0 Å². The van der Waals surface area contributed by atoms with E-state index in [0.29, 0.717) is 5.82 Å². The largest absolute Gasteiger partial charge is 0.433 e. The number of anilines is 1. The first-order chi connectivity index (χ1) is 11.0. The Morgan fingerprint density at radius 3 is 2.83 bits per heavy atom. The van der Waals surface area contributed by atoms with Gasteiger partial charge >= 0.3 is 5.88 Å². The molecule has 23 heavy (non-hydrogen) atoms. The molecule has 0 fully saturated rings. The van der Waals surface area contributed by atoms with Gasteiger partial charge in [-0.05, 0) is 13.0 Å². The van der Waals surface area contributed by atoms with Gasteiger partial charge in [0.2, 0.25) is 0 Å². The number of aromatic nitrogens is 4. The molecule has 116 valence electrons. The second-order valence-corrected chi connectivity index (χ2v) is 4.46. The van der Waals surface area contributed by atoms with Crippen molar-refractivity contribution in [1.82, 2.24) is 19.5 Å². The smallest absolute Gasteiger partial charge is 0.395 e. The molecule has 3 heterocycles. The van der Waals surface area contributed by atoms with Crippen molar-refractivity contribution in [3.63, 3.8) is 0 Å². The van der Waals surface area contributed by atoms with Crippen molar-refractivity contribution in [2.75, 3.05) is 5.32 Å². The van der Waals surface area contributed by atoms with Crippen LogP contribution in [-0.4, -0.2) is 30.3 Å². The first-order valence-electron chi connectivity index (χ1n) is 6.42. The molecule has 10 heteroatoms. The lowest BCUT2D eigenvalue weighted by atomic mass is 10.4. The van der Waals surface area contributed by atoms with Crippen LogP contribution in [0.4, 0.5) is 11.7 Å². The number of imidazole rings is 1. The van der Waals surface area contributed by atoms with Crippen LogP contribution in [0, 0.1) is 17.0 Å². The summed E-state index contributed by atoms with van der Waals surface area (Å²) in [6, 6.07) is 3.87. The molecular weight excluding hydrogens is 304 g/mol. The molecule has 10 nitrogen and oxygen atoms in total. The average molecular weight is 314 g/mol. The highest BCUT2D eigenvalue weighted by Gasteiger charge is 2.18. The van der Waals surface area contributed by atoms with E-state index < -0.39 is 16.7 Å². The van der Waals surface area contributed by atoms with Gasteiger partial charge < -0.3 is 9.73 Å². The summed E-state index contributed by atoms with van der Waals surface area (Å²) in [4.78, 5) is 34.0. The Balaban J connectivity index is 1.81. The Kier molecular flexibility index (Phi) is 3.55. The molecular formula is C13H10N6O4. The van der Waals surface area contributed by atoms with E-state index in [9.17, 15) is 14.9 Å². The summed E-state index contributed by atoms with van der Waals surface area (Å²) >= 11 is 0. The number of carbonyl (C=O) groups excluding carboxylic acids is 1. The summed E-state index contributed by atoms with van der Waals surface area (Å²) in [7, 11) is 0. The second kappa shape index (κ2) is 5.67.